The Morgan fingerprint density at radius 2 is 1.37 bits per heavy atom. The highest BCUT2D eigenvalue weighted by atomic mass is 32.3. The van der Waals surface area contributed by atoms with Crippen LogP contribution in [0.25, 0.3) is 0 Å². The van der Waals surface area contributed by atoms with Crippen molar-refractivity contribution in [1.82, 2.24) is 41.3 Å². The summed E-state index contributed by atoms with van der Waals surface area (Å²) in [6, 6.07) is -0.994. The number of aliphatic hydroxyl groups excluding tert-OH is 6. The summed E-state index contributed by atoms with van der Waals surface area (Å²) >= 11 is 0. The summed E-state index contributed by atoms with van der Waals surface area (Å²) in [6.45, 7) is 4.20. The molecule has 15 N–H and O–H groups in total. The molecule has 2 aliphatic carbocycles. The molecule has 0 bridgehead atoms. The molecular weight excluding hydrogens is 1160 g/mol. The molecule has 87 heavy (non-hydrogen) atoms. The highest BCUT2D eigenvalue weighted by Gasteiger charge is 2.50. The number of carbonyl (C=O) groups is 7. The van der Waals surface area contributed by atoms with Crippen molar-refractivity contribution in [1.29, 1.82) is 0 Å². The Balaban J connectivity index is 1.04. The lowest BCUT2D eigenvalue weighted by atomic mass is 9.72. The van der Waals surface area contributed by atoms with Gasteiger partial charge in [-0.3, -0.25) is 43.0 Å². The Morgan fingerprint density at radius 1 is 0.736 bits per heavy atom. The summed E-state index contributed by atoms with van der Waals surface area (Å²) < 4.78 is 36.8. The topological polar surface area (TPSA) is 424 Å². The molecule has 4 saturated heterocycles. The van der Waals surface area contributed by atoms with E-state index >= 15 is 0 Å². The van der Waals surface area contributed by atoms with Crippen LogP contribution in [0.3, 0.4) is 0 Å². The minimum atomic E-state index is -5.20. The number of nitrogens with zero attached hydrogens (tertiary/aromatic N) is 4. The number of aliphatic hydroxyl groups is 6. The van der Waals surface area contributed by atoms with Crippen molar-refractivity contribution < 1.29 is 86.5 Å². The number of hydrogen-bond acceptors (Lipinski definition) is 20. The van der Waals surface area contributed by atoms with Crippen molar-refractivity contribution in [2.24, 2.45) is 23.5 Å². The average molecular weight is 1240 g/mol. The number of nitrogens with two attached hydrogens (primary N) is 1. The van der Waals surface area contributed by atoms with Crippen molar-refractivity contribution in [2.45, 2.75) is 176 Å². The first-order valence-electron chi connectivity index (χ1n) is 30.3. The number of aromatic hydroxyl groups is 1. The number of benzene rings is 2. The SMILES string of the molecule is C[C@@H](O)[C@@H]1NC(=O)C(NC(=O)c2ccc(N3CCN(C4CCC(C5CCCCC5)CC4)CC3)cc2)C[C@@H](O)CNC(=O)C2[C@@H](O)[C@@H](C)CN2C(=O)C([C@H](O)CCN)NC(=O)[C@H]([C@H](O)Cc2ccc(O)c(OS(=O)(=O)O)c2)NC(=O)C2C[C@@H](O)CN2C1=O. The van der Waals surface area contributed by atoms with Crippen molar-refractivity contribution >= 4 is 57.4 Å². The Labute approximate surface area is 505 Å². The van der Waals surface area contributed by atoms with Crippen LogP contribution in [0.2, 0.25) is 0 Å². The van der Waals surface area contributed by atoms with Crippen LogP contribution >= 0.6 is 0 Å². The van der Waals surface area contributed by atoms with Gasteiger partial charge in [-0.1, -0.05) is 45.1 Å². The Hall–Kier alpha value is -6.28. The molecule has 13 atom stereocenters. The number of β-amino-alcohol motifs (C(OH)–C–C–N with tert-alkyl or cyclic N) is 1. The number of anilines is 1. The van der Waals surface area contributed by atoms with Gasteiger partial charge in [0.15, 0.2) is 11.5 Å². The van der Waals surface area contributed by atoms with Gasteiger partial charge in [0, 0.05) is 88.3 Å². The van der Waals surface area contributed by atoms with Gasteiger partial charge in [0.2, 0.25) is 35.4 Å². The van der Waals surface area contributed by atoms with E-state index in [4.69, 9.17) is 5.73 Å². The van der Waals surface area contributed by atoms with Gasteiger partial charge < -0.3 is 86.9 Å². The average Bonchev–Trinajstić information content (AvgIpc) is 3.79. The van der Waals surface area contributed by atoms with Gasteiger partial charge in [-0.05, 0) is 99.4 Å². The maximum Gasteiger partial charge on any atom is 0.446 e. The number of amides is 7. The summed E-state index contributed by atoms with van der Waals surface area (Å²) in [6.07, 6.45) is -0.689. The predicted octanol–water partition coefficient (Wildman–Crippen LogP) is -2.87. The van der Waals surface area contributed by atoms with Crippen molar-refractivity contribution in [3.05, 3.63) is 53.6 Å². The largest absolute Gasteiger partial charge is 0.504 e. The number of phenolic OH excluding ortho intramolecular Hbond substituents is 1. The van der Waals surface area contributed by atoms with Gasteiger partial charge in [0.1, 0.15) is 36.3 Å². The zero-order valence-electron chi connectivity index (χ0n) is 49.1. The number of rotatable bonds is 14. The molecule has 0 spiro atoms. The molecule has 4 unspecified atom stereocenters. The summed E-state index contributed by atoms with van der Waals surface area (Å²) in [5.41, 5.74) is 6.69. The number of hydrogen-bond donors (Lipinski definition) is 14. The van der Waals surface area contributed by atoms with Gasteiger partial charge in [-0.15, -0.1) is 0 Å². The fourth-order valence-corrected chi connectivity index (χ4v) is 13.8. The molecule has 0 aromatic heterocycles. The highest BCUT2D eigenvalue weighted by Crippen LogP contribution is 2.40. The quantitative estimate of drug-likeness (QED) is 0.0846. The first kappa shape index (κ1) is 66.7. The Kier molecular flexibility index (Phi) is 22.5. The second kappa shape index (κ2) is 29.4. The lowest BCUT2D eigenvalue weighted by molar-refractivity contribution is -0.147. The molecule has 4 aliphatic heterocycles. The van der Waals surface area contributed by atoms with Crippen LogP contribution in [-0.2, 0) is 45.6 Å². The van der Waals surface area contributed by atoms with Gasteiger partial charge >= 0.3 is 10.4 Å². The van der Waals surface area contributed by atoms with E-state index in [-0.39, 0.29) is 30.6 Å². The third-order valence-electron chi connectivity index (χ3n) is 18.3. The minimum absolute atomic E-state index is 0.0790. The van der Waals surface area contributed by atoms with E-state index in [0.717, 1.165) is 78.6 Å². The van der Waals surface area contributed by atoms with Crippen molar-refractivity contribution in [2.75, 3.05) is 57.3 Å². The third-order valence-corrected chi connectivity index (χ3v) is 18.6. The van der Waals surface area contributed by atoms with Crippen LogP contribution < -0.4 is 41.4 Å². The molecule has 6 aliphatic rings. The van der Waals surface area contributed by atoms with E-state index < -0.39 is 174 Å². The zero-order valence-corrected chi connectivity index (χ0v) is 49.9. The molecular formula is C58H86N10O18S. The van der Waals surface area contributed by atoms with Gasteiger partial charge in [-0.25, -0.2) is 0 Å². The molecule has 2 saturated carbocycles. The lowest BCUT2D eigenvalue weighted by Crippen LogP contribution is -2.64. The number of piperazine rings is 1. The molecule has 482 valence electrons. The molecule has 29 heteroatoms. The first-order valence-corrected chi connectivity index (χ1v) is 31.6. The summed E-state index contributed by atoms with van der Waals surface area (Å²) in [4.78, 5) is 108. The fraction of sp³-hybridized carbons (Fsp3) is 0.672. The van der Waals surface area contributed by atoms with E-state index in [1.807, 2.05) is 0 Å². The first-order chi connectivity index (χ1) is 41.3. The van der Waals surface area contributed by atoms with Gasteiger partial charge in [0.25, 0.3) is 5.91 Å². The lowest BCUT2D eigenvalue weighted by Gasteiger charge is -2.44. The van der Waals surface area contributed by atoms with Crippen LogP contribution in [0, 0.1) is 17.8 Å². The smallest absolute Gasteiger partial charge is 0.446 e. The van der Waals surface area contributed by atoms with E-state index in [1.54, 1.807) is 24.3 Å². The second-order valence-corrected chi connectivity index (χ2v) is 25.4. The van der Waals surface area contributed by atoms with Crippen molar-refractivity contribution in [3.63, 3.8) is 0 Å². The Bertz CT molecular complexity index is 2870. The summed E-state index contributed by atoms with van der Waals surface area (Å²) in [5, 5.41) is 90.7. The fourth-order valence-electron chi connectivity index (χ4n) is 13.4. The molecule has 8 rings (SSSR count). The molecule has 28 nitrogen and oxygen atoms in total. The Morgan fingerprint density at radius 3 is 2.01 bits per heavy atom. The van der Waals surface area contributed by atoms with Crippen molar-refractivity contribution in [3.8, 4) is 11.5 Å². The molecule has 7 amide bonds. The van der Waals surface area contributed by atoms with E-state index in [2.05, 4.69) is 40.6 Å². The maximum atomic E-state index is 14.7. The summed E-state index contributed by atoms with van der Waals surface area (Å²) in [7, 11) is -5.20. The number of carbonyl (C=O) groups excluding carboxylic acids is 7. The van der Waals surface area contributed by atoms with Crippen LogP contribution in [-0.4, -0.2) is 236 Å². The van der Waals surface area contributed by atoms with Crippen LogP contribution in [0.4, 0.5) is 5.69 Å². The number of fused-ring (bicyclic) bond motifs is 2. The normalized spacial score (nSPS) is 31.0. The highest BCUT2D eigenvalue weighted by molar-refractivity contribution is 7.81. The molecule has 2 aromatic carbocycles. The second-order valence-electron chi connectivity index (χ2n) is 24.4. The third kappa shape index (κ3) is 16.7. The zero-order chi connectivity index (χ0) is 63.0. The molecule has 2 aromatic rings. The monoisotopic (exact) mass is 1240 g/mol. The standard InChI is InChI=1S/C58H86N10O18S/c1-31-29-68-50(51(31)75)56(80)60-28-39(70)26-41(61-52(76)36-11-15-38(16-12-36)66-22-20-65(21-23-66)37-13-9-35(10-14-37)34-6-4-3-5-7-34)53(77)62-47(32(2)69)57(81)67-30-40(71)27-42(67)54(78)63-48(55(79)64-49(58(68)82)44(73)18-19-59)45(74)24-33-8-17-43(72)46(25-33)86-87(83,84)85/h8,11-12,15-17,25,31-32,34-35,37,39-42,44-45,47-51,69-75H,3-7,9-10,13-14,18-24,26-30,59H2,1-2H3,(H,60,80)(H,61,76)(H,62,77)(H,63,78)(H,64,79)(H,83,84,85)/t31-,32+,35?,37?,39+,40+,41?,42?,44+,45+,47-,48-,49?,50?,51-/m0/s1. The van der Waals surface area contributed by atoms with Crippen LogP contribution in [0.1, 0.15) is 107 Å². The predicted molar refractivity (Wildman–Crippen MR) is 311 cm³/mol. The van der Waals surface area contributed by atoms with Crippen LogP contribution in [0.5, 0.6) is 11.5 Å². The number of phenols is 1. The maximum absolute atomic E-state index is 14.7. The van der Waals surface area contributed by atoms with Gasteiger partial charge in [-0.2, -0.15) is 8.42 Å². The van der Waals surface area contributed by atoms with E-state index in [9.17, 15) is 82.3 Å². The van der Waals surface area contributed by atoms with Crippen LogP contribution in [0.15, 0.2) is 42.5 Å². The minimum Gasteiger partial charge on any atom is -0.504 e. The molecule has 6 fully saturated rings. The molecule has 0 radical (unpaired) electrons. The molecule has 4 heterocycles. The summed E-state index contributed by atoms with van der Waals surface area (Å²) in [5.74, 6) is -8.47. The van der Waals surface area contributed by atoms with E-state index in [0.29, 0.717) is 6.04 Å². The van der Waals surface area contributed by atoms with E-state index in [1.165, 1.54) is 64.7 Å². The van der Waals surface area contributed by atoms with Gasteiger partial charge in [0.05, 0.1) is 36.6 Å². The number of nitrogens with one attached hydrogen (secondary N) is 5.